The van der Waals surface area contributed by atoms with Crippen LogP contribution in [0.3, 0.4) is 0 Å². The van der Waals surface area contributed by atoms with Crippen molar-refractivity contribution in [3.05, 3.63) is 35.4 Å². The first-order valence-corrected chi connectivity index (χ1v) is 11.0. The minimum Gasteiger partial charge on any atom is -0.493 e. The number of Topliss-reactive ketones (excluding diaryl/α,β-unsaturated/α-hetero) is 4. The first-order valence-electron chi connectivity index (χ1n) is 11.0. The van der Waals surface area contributed by atoms with Gasteiger partial charge in [0.05, 0.1) is 25.8 Å². The first kappa shape index (κ1) is 22.1. The number of hydrogen-bond donors (Lipinski definition) is 0. The molecule has 2 aliphatic carbocycles. The van der Waals surface area contributed by atoms with Gasteiger partial charge in [-0.25, -0.2) is 0 Å². The average Bonchev–Trinajstić information content (AvgIpc) is 3.24. The van der Waals surface area contributed by atoms with Gasteiger partial charge in [-0.3, -0.25) is 24.2 Å². The van der Waals surface area contributed by atoms with E-state index in [0.29, 0.717) is 42.9 Å². The summed E-state index contributed by atoms with van der Waals surface area (Å²) in [5.74, 6) is -2.27. The van der Waals surface area contributed by atoms with Crippen LogP contribution < -0.4 is 9.47 Å². The number of methoxy groups -OCH3 is 2. The van der Waals surface area contributed by atoms with E-state index < -0.39 is 11.7 Å². The average molecular weight is 437 g/mol. The Bertz CT molecular complexity index is 1030. The molecule has 1 heterocycles. The molecule has 0 amide bonds. The number of carbonyl (C=O) groups is 4. The Morgan fingerprint density at radius 1 is 0.969 bits per heavy atom. The zero-order chi connectivity index (χ0) is 23.0. The molecule has 1 aromatic carbocycles. The number of rotatable bonds is 5. The van der Waals surface area contributed by atoms with Crippen LogP contribution in [-0.4, -0.2) is 43.1 Å². The molecule has 168 valence electrons. The molecular formula is C25H27NO6. The van der Waals surface area contributed by atoms with Crippen molar-refractivity contribution in [2.45, 2.75) is 45.1 Å². The summed E-state index contributed by atoms with van der Waals surface area (Å²) in [6.45, 7) is 1.72. The van der Waals surface area contributed by atoms with Gasteiger partial charge in [-0.15, -0.1) is 0 Å². The molecule has 32 heavy (non-hydrogen) atoms. The second kappa shape index (κ2) is 8.81. The lowest BCUT2D eigenvalue weighted by Crippen LogP contribution is -2.43. The lowest BCUT2D eigenvalue weighted by atomic mass is 9.74. The molecule has 0 radical (unpaired) electrons. The van der Waals surface area contributed by atoms with E-state index in [4.69, 9.17) is 14.5 Å². The van der Waals surface area contributed by atoms with Gasteiger partial charge < -0.3 is 9.47 Å². The van der Waals surface area contributed by atoms with E-state index in [-0.39, 0.29) is 47.2 Å². The molecule has 2 fully saturated rings. The Hall–Kier alpha value is -3.09. The predicted molar refractivity (Wildman–Crippen MR) is 117 cm³/mol. The van der Waals surface area contributed by atoms with Crippen LogP contribution in [0.4, 0.5) is 0 Å². The van der Waals surface area contributed by atoms with Gasteiger partial charge in [0.25, 0.3) is 0 Å². The summed E-state index contributed by atoms with van der Waals surface area (Å²) in [6.07, 6.45) is 3.78. The number of fused-ring (bicyclic) bond motifs is 2. The summed E-state index contributed by atoms with van der Waals surface area (Å²) in [6, 6.07) is 5.20. The third-order valence-electron chi connectivity index (χ3n) is 6.78. The Kier molecular flexibility index (Phi) is 6.09. The van der Waals surface area contributed by atoms with E-state index in [0.717, 1.165) is 5.56 Å². The van der Waals surface area contributed by atoms with Crippen LogP contribution in [0.2, 0.25) is 0 Å². The maximum atomic E-state index is 13.2. The van der Waals surface area contributed by atoms with Gasteiger partial charge in [0.2, 0.25) is 0 Å². The summed E-state index contributed by atoms with van der Waals surface area (Å²) in [4.78, 5) is 56.4. The number of ether oxygens (including phenoxy) is 2. The number of ketones is 4. The molecule has 3 unspecified atom stereocenters. The number of nitrogens with zero attached hydrogens (tertiary/aromatic N) is 1. The molecule has 0 aromatic heterocycles. The van der Waals surface area contributed by atoms with Crippen molar-refractivity contribution in [3.8, 4) is 11.5 Å². The fourth-order valence-electron chi connectivity index (χ4n) is 5.07. The topological polar surface area (TPSA) is 99.1 Å². The Balaban J connectivity index is 1.63. The smallest absolute Gasteiger partial charge is 0.184 e. The van der Waals surface area contributed by atoms with Crippen molar-refractivity contribution in [2.24, 2.45) is 22.7 Å². The van der Waals surface area contributed by atoms with Gasteiger partial charge in [0, 0.05) is 24.0 Å². The van der Waals surface area contributed by atoms with E-state index in [2.05, 4.69) is 0 Å². The number of hydrogen-bond acceptors (Lipinski definition) is 7. The monoisotopic (exact) mass is 437 g/mol. The van der Waals surface area contributed by atoms with Crippen molar-refractivity contribution < 1.29 is 28.7 Å². The summed E-state index contributed by atoms with van der Waals surface area (Å²) < 4.78 is 10.6. The predicted octanol–water partition coefficient (Wildman–Crippen LogP) is 3.25. The molecule has 0 spiro atoms. The van der Waals surface area contributed by atoms with Crippen LogP contribution in [0.25, 0.3) is 0 Å². The van der Waals surface area contributed by atoms with Crippen LogP contribution in [0.5, 0.6) is 11.5 Å². The van der Waals surface area contributed by atoms with E-state index in [1.165, 1.54) is 6.08 Å². The van der Waals surface area contributed by atoms with Crippen LogP contribution in [0, 0.1) is 17.8 Å². The highest BCUT2D eigenvalue weighted by molar-refractivity contribution is 6.34. The fourth-order valence-corrected chi connectivity index (χ4v) is 5.07. The summed E-state index contributed by atoms with van der Waals surface area (Å²) in [5.41, 5.74) is 1.29. The quantitative estimate of drug-likeness (QED) is 0.518. The second-order valence-electron chi connectivity index (χ2n) is 8.73. The van der Waals surface area contributed by atoms with E-state index in [1.54, 1.807) is 27.2 Å². The maximum absolute atomic E-state index is 13.2. The third kappa shape index (κ3) is 3.92. The molecule has 1 aliphatic heterocycles. The van der Waals surface area contributed by atoms with Crippen molar-refractivity contribution >= 4 is 28.8 Å². The van der Waals surface area contributed by atoms with E-state index >= 15 is 0 Å². The molecule has 4 rings (SSSR count). The fraction of sp³-hybridized carbons (Fsp3) is 0.480. The molecular weight excluding hydrogens is 410 g/mol. The Morgan fingerprint density at radius 2 is 1.62 bits per heavy atom. The summed E-state index contributed by atoms with van der Waals surface area (Å²) >= 11 is 0. The lowest BCUT2D eigenvalue weighted by Gasteiger charge is -2.25. The molecule has 1 aromatic rings. The van der Waals surface area contributed by atoms with Crippen molar-refractivity contribution in [2.75, 3.05) is 14.2 Å². The van der Waals surface area contributed by atoms with Crippen LogP contribution in [0.1, 0.15) is 50.6 Å². The number of allylic oxidation sites excluding steroid dienone is 2. The van der Waals surface area contributed by atoms with Crippen LogP contribution in [-0.2, 0) is 19.2 Å². The van der Waals surface area contributed by atoms with Gasteiger partial charge in [0.1, 0.15) is 5.92 Å². The standard InChI is InChI=1S/C25H27NO6/c1-13-10-17(25(30)22-23(28)15-4-5-16(11-15)24(22)29)19(27)8-7-18(26-13)14-6-9-20(31-2)21(12-14)32-3/h6,9-10,12,15-16,18,22H,4-5,7-8,11H2,1-3H3/b17-10+,26-13?. The molecule has 3 atom stereocenters. The highest BCUT2D eigenvalue weighted by Crippen LogP contribution is 2.41. The Morgan fingerprint density at radius 3 is 2.25 bits per heavy atom. The highest BCUT2D eigenvalue weighted by atomic mass is 16.5. The lowest BCUT2D eigenvalue weighted by molar-refractivity contribution is -0.144. The van der Waals surface area contributed by atoms with E-state index in [1.807, 2.05) is 12.1 Å². The minimum atomic E-state index is -1.33. The van der Waals surface area contributed by atoms with Gasteiger partial charge in [-0.1, -0.05) is 6.07 Å². The zero-order valence-corrected chi connectivity index (χ0v) is 18.6. The summed E-state index contributed by atoms with van der Waals surface area (Å²) in [5, 5.41) is 0. The zero-order valence-electron chi connectivity index (χ0n) is 18.6. The van der Waals surface area contributed by atoms with Gasteiger partial charge in [-0.2, -0.15) is 0 Å². The van der Waals surface area contributed by atoms with Crippen molar-refractivity contribution in [1.82, 2.24) is 0 Å². The Labute approximate surface area is 186 Å². The highest BCUT2D eigenvalue weighted by Gasteiger charge is 2.50. The molecule has 0 N–H and O–H groups in total. The van der Waals surface area contributed by atoms with Gasteiger partial charge >= 0.3 is 0 Å². The largest absolute Gasteiger partial charge is 0.493 e. The van der Waals surface area contributed by atoms with E-state index in [9.17, 15) is 19.2 Å². The first-order chi connectivity index (χ1) is 15.3. The SMILES string of the molecule is COc1ccc(C2CCC(=O)/C(C(=O)C3C(=O)C4CCC(C4)C3=O)=C\C(C)=N2)cc1OC. The maximum Gasteiger partial charge on any atom is 0.184 e. The van der Waals surface area contributed by atoms with Gasteiger partial charge in [0.15, 0.2) is 34.6 Å². The molecule has 7 nitrogen and oxygen atoms in total. The number of carbonyl (C=O) groups excluding carboxylic acids is 4. The van der Waals surface area contributed by atoms with Crippen LogP contribution >= 0.6 is 0 Å². The third-order valence-corrected chi connectivity index (χ3v) is 6.78. The second-order valence-corrected chi connectivity index (χ2v) is 8.73. The molecule has 3 aliphatic rings. The van der Waals surface area contributed by atoms with Crippen molar-refractivity contribution in [1.29, 1.82) is 0 Å². The minimum absolute atomic E-state index is 0.0787. The number of benzene rings is 1. The summed E-state index contributed by atoms with van der Waals surface area (Å²) in [7, 11) is 3.11. The number of aliphatic imine (C=N–C) groups is 1. The molecule has 2 bridgehead atoms. The molecule has 7 heteroatoms. The van der Waals surface area contributed by atoms with Crippen LogP contribution in [0.15, 0.2) is 34.8 Å². The normalized spacial score (nSPS) is 29.5. The van der Waals surface area contributed by atoms with Crippen molar-refractivity contribution in [3.63, 3.8) is 0 Å². The van der Waals surface area contributed by atoms with Gasteiger partial charge in [-0.05, 0) is 56.4 Å². The molecule has 2 saturated carbocycles. The molecule has 0 saturated heterocycles.